The van der Waals surface area contributed by atoms with Gasteiger partial charge in [0.05, 0.1) is 12.2 Å². The number of para-hydroxylation sites is 2. The number of rotatable bonds is 8. The van der Waals surface area contributed by atoms with Gasteiger partial charge in [-0.1, -0.05) is 75.4 Å². The normalized spacial score (nSPS) is 12.3. The Bertz CT molecular complexity index is 883. The quantitative estimate of drug-likeness (QED) is 0.481. The summed E-state index contributed by atoms with van der Waals surface area (Å²) in [5, 5.41) is 3.46. The molecule has 0 aliphatic heterocycles. The fourth-order valence-corrected chi connectivity index (χ4v) is 3.04. The molecule has 0 amide bonds. The molecular weight excluding hydrogens is 358 g/mol. The number of anilines is 1. The van der Waals surface area contributed by atoms with Crippen LogP contribution in [0.2, 0.25) is 0 Å². The zero-order valence-electron chi connectivity index (χ0n) is 17.8. The number of hydrogen-bond acceptors (Lipinski definition) is 3. The molecule has 3 aromatic rings. The molecule has 1 N–H and O–H groups in total. The molecule has 0 bridgehead atoms. The summed E-state index contributed by atoms with van der Waals surface area (Å²) in [7, 11) is 0. The van der Waals surface area contributed by atoms with Crippen molar-refractivity contribution >= 4 is 5.69 Å². The lowest BCUT2D eigenvalue weighted by Gasteiger charge is -2.21. The number of nitrogens with one attached hydrogen (secondary N) is 1. The second-order valence-corrected chi connectivity index (χ2v) is 8.35. The molecule has 0 heterocycles. The van der Waals surface area contributed by atoms with Crippen LogP contribution in [0.25, 0.3) is 0 Å². The molecule has 0 aliphatic carbocycles. The van der Waals surface area contributed by atoms with E-state index in [2.05, 4.69) is 57.3 Å². The second-order valence-electron chi connectivity index (χ2n) is 8.35. The van der Waals surface area contributed by atoms with Crippen LogP contribution in [0.1, 0.15) is 38.8 Å². The highest BCUT2D eigenvalue weighted by atomic mass is 16.5. The van der Waals surface area contributed by atoms with E-state index in [1.165, 1.54) is 5.56 Å². The van der Waals surface area contributed by atoms with E-state index in [4.69, 9.17) is 9.47 Å². The van der Waals surface area contributed by atoms with E-state index < -0.39 is 0 Å². The molecule has 29 heavy (non-hydrogen) atoms. The maximum absolute atomic E-state index is 6.07. The number of hydrogen-bond donors (Lipinski definition) is 1. The summed E-state index contributed by atoms with van der Waals surface area (Å²) < 4.78 is 12.1. The van der Waals surface area contributed by atoms with Gasteiger partial charge in [-0.2, -0.15) is 0 Å². The molecule has 0 saturated carbocycles. The summed E-state index contributed by atoms with van der Waals surface area (Å²) in [5.41, 5.74) is 3.58. The fourth-order valence-electron chi connectivity index (χ4n) is 3.04. The van der Waals surface area contributed by atoms with Crippen LogP contribution in [0.3, 0.4) is 0 Å². The Kier molecular flexibility index (Phi) is 6.82. The predicted octanol–water partition coefficient (Wildman–Crippen LogP) is 6.44. The first-order chi connectivity index (χ1) is 13.9. The Hall–Kier alpha value is -2.94. The third kappa shape index (κ3) is 6.28. The predicted molar refractivity (Wildman–Crippen MR) is 121 cm³/mol. The van der Waals surface area contributed by atoms with Gasteiger partial charge >= 0.3 is 0 Å². The standard InChI is InChI=1S/C26H31NO2/c1-20(29-23-16-14-22(15-17-23)26(2,3)4)18-27-24-12-8-9-13-25(24)28-19-21-10-6-5-7-11-21/h5-17,20,27H,18-19H2,1-4H3/t20-/m1/s1. The van der Waals surface area contributed by atoms with Crippen LogP contribution in [-0.4, -0.2) is 12.6 Å². The summed E-state index contributed by atoms with van der Waals surface area (Å²) >= 11 is 0. The van der Waals surface area contributed by atoms with Crippen molar-refractivity contribution in [1.82, 2.24) is 0 Å². The van der Waals surface area contributed by atoms with Crippen molar-refractivity contribution in [3.63, 3.8) is 0 Å². The monoisotopic (exact) mass is 389 g/mol. The van der Waals surface area contributed by atoms with Crippen LogP contribution in [0.5, 0.6) is 11.5 Å². The smallest absolute Gasteiger partial charge is 0.142 e. The molecule has 0 aliphatic rings. The minimum absolute atomic E-state index is 0.0256. The summed E-state index contributed by atoms with van der Waals surface area (Å²) in [6.07, 6.45) is 0.0256. The Labute approximate surface area is 174 Å². The first kappa shape index (κ1) is 20.8. The molecular formula is C26H31NO2. The summed E-state index contributed by atoms with van der Waals surface area (Å²) in [6.45, 7) is 9.95. The summed E-state index contributed by atoms with van der Waals surface area (Å²) in [5.74, 6) is 1.74. The van der Waals surface area contributed by atoms with Crippen molar-refractivity contribution in [2.24, 2.45) is 0 Å². The van der Waals surface area contributed by atoms with Crippen molar-refractivity contribution in [3.05, 3.63) is 90.0 Å². The average molecular weight is 390 g/mol. The van der Waals surface area contributed by atoms with Crippen LogP contribution in [-0.2, 0) is 12.0 Å². The van der Waals surface area contributed by atoms with E-state index in [1.54, 1.807) is 0 Å². The van der Waals surface area contributed by atoms with Gasteiger partial charge in [-0.25, -0.2) is 0 Å². The fraction of sp³-hybridized carbons (Fsp3) is 0.308. The van der Waals surface area contributed by atoms with Crippen molar-refractivity contribution in [1.29, 1.82) is 0 Å². The van der Waals surface area contributed by atoms with Gasteiger partial charge in [-0.15, -0.1) is 0 Å². The molecule has 3 heteroatoms. The van der Waals surface area contributed by atoms with Crippen molar-refractivity contribution in [2.75, 3.05) is 11.9 Å². The lowest BCUT2D eigenvalue weighted by molar-refractivity contribution is 0.234. The van der Waals surface area contributed by atoms with Crippen LogP contribution >= 0.6 is 0 Å². The lowest BCUT2D eigenvalue weighted by Crippen LogP contribution is -2.23. The zero-order chi connectivity index (χ0) is 20.7. The molecule has 1 atom stereocenters. The summed E-state index contributed by atoms with van der Waals surface area (Å²) in [6, 6.07) is 26.6. The lowest BCUT2D eigenvalue weighted by atomic mass is 9.87. The number of benzene rings is 3. The zero-order valence-corrected chi connectivity index (χ0v) is 17.8. The Morgan fingerprint density at radius 2 is 1.48 bits per heavy atom. The first-order valence-electron chi connectivity index (χ1n) is 10.2. The average Bonchev–Trinajstić information content (AvgIpc) is 2.72. The van der Waals surface area contributed by atoms with Crippen molar-refractivity contribution in [3.8, 4) is 11.5 Å². The highest BCUT2D eigenvalue weighted by Crippen LogP contribution is 2.26. The SMILES string of the molecule is C[C@H](CNc1ccccc1OCc1ccccc1)Oc1ccc(C(C)(C)C)cc1. The van der Waals surface area contributed by atoms with Gasteiger partial charge in [0.2, 0.25) is 0 Å². The van der Waals surface area contributed by atoms with Crippen LogP contribution in [0.15, 0.2) is 78.9 Å². The maximum Gasteiger partial charge on any atom is 0.142 e. The van der Waals surface area contributed by atoms with Gasteiger partial charge in [-0.05, 0) is 47.7 Å². The molecule has 3 rings (SSSR count). The van der Waals surface area contributed by atoms with Gasteiger partial charge in [0.1, 0.15) is 24.2 Å². The molecule has 0 saturated heterocycles. The van der Waals surface area contributed by atoms with Gasteiger partial charge in [-0.3, -0.25) is 0 Å². The third-order valence-electron chi connectivity index (χ3n) is 4.76. The van der Waals surface area contributed by atoms with Crippen LogP contribution in [0.4, 0.5) is 5.69 Å². The maximum atomic E-state index is 6.07. The van der Waals surface area contributed by atoms with Gasteiger partial charge in [0.15, 0.2) is 0 Å². The third-order valence-corrected chi connectivity index (χ3v) is 4.76. The molecule has 0 spiro atoms. The number of ether oxygens (including phenoxy) is 2. The van der Waals surface area contributed by atoms with E-state index in [1.807, 2.05) is 54.6 Å². The van der Waals surface area contributed by atoms with Crippen molar-refractivity contribution < 1.29 is 9.47 Å². The second kappa shape index (κ2) is 9.51. The van der Waals surface area contributed by atoms with Gasteiger partial charge < -0.3 is 14.8 Å². The van der Waals surface area contributed by atoms with Crippen LogP contribution in [0, 0.1) is 0 Å². The largest absolute Gasteiger partial charge is 0.489 e. The van der Waals surface area contributed by atoms with Crippen LogP contribution < -0.4 is 14.8 Å². The highest BCUT2D eigenvalue weighted by molar-refractivity contribution is 5.56. The van der Waals surface area contributed by atoms with Gasteiger partial charge in [0, 0.05) is 0 Å². The Balaban J connectivity index is 1.54. The van der Waals surface area contributed by atoms with E-state index in [9.17, 15) is 0 Å². The topological polar surface area (TPSA) is 30.5 Å². The summed E-state index contributed by atoms with van der Waals surface area (Å²) in [4.78, 5) is 0. The minimum Gasteiger partial charge on any atom is -0.489 e. The molecule has 0 radical (unpaired) electrons. The molecule has 3 nitrogen and oxygen atoms in total. The molecule has 0 unspecified atom stereocenters. The van der Waals surface area contributed by atoms with E-state index >= 15 is 0 Å². The Morgan fingerprint density at radius 1 is 0.828 bits per heavy atom. The molecule has 0 aromatic heterocycles. The van der Waals surface area contributed by atoms with E-state index in [0.717, 1.165) is 22.7 Å². The first-order valence-corrected chi connectivity index (χ1v) is 10.2. The van der Waals surface area contributed by atoms with E-state index in [-0.39, 0.29) is 11.5 Å². The minimum atomic E-state index is 0.0256. The Morgan fingerprint density at radius 3 is 2.17 bits per heavy atom. The van der Waals surface area contributed by atoms with Gasteiger partial charge in [0.25, 0.3) is 0 Å². The van der Waals surface area contributed by atoms with Crippen molar-refractivity contribution in [2.45, 2.75) is 45.8 Å². The highest BCUT2D eigenvalue weighted by Gasteiger charge is 2.13. The molecule has 3 aromatic carbocycles. The van der Waals surface area contributed by atoms with E-state index in [0.29, 0.717) is 13.2 Å². The molecule has 0 fully saturated rings. The molecule has 152 valence electrons.